The summed E-state index contributed by atoms with van der Waals surface area (Å²) in [5.41, 5.74) is 0. The Morgan fingerprint density at radius 2 is 1.21 bits per heavy atom. The third-order valence-electron chi connectivity index (χ3n) is 3.62. The second-order valence-electron chi connectivity index (χ2n) is 5.60. The van der Waals surface area contributed by atoms with Crippen molar-refractivity contribution in [3.05, 3.63) is 84.9 Å². The fourth-order valence-corrected chi connectivity index (χ4v) is 3.06. The highest BCUT2D eigenvalue weighted by atomic mass is 31.2. The van der Waals surface area contributed by atoms with Crippen molar-refractivity contribution in [1.29, 1.82) is 0 Å². The highest BCUT2D eigenvalue weighted by Crippen LogP contribution is 2.44. The molecule has 0 saturated carbocycles. The van der Waals surface area contributed by atoms with Crippen molar-refractivity contribution in [2.75, 3.05) is 21.3 Å². The van der Waals surface area contributed by atoms with E-state index in [-0.39, 0.29) is 0 Å². The van der Waals surface area contributed by atoms with E-state index >= 15 is 0 Å². The van der Waals surface area contributed by atoms with Crippen molar-refractivity contribution in [2.24, 2.45) is 0 Å². The largest absolute Gasteiger partial charge is 0.529 e. The normalized spacial score (nSPS) is 11.6. The highest BCUT2D eigenvalue weighted by molar-refractivity contribution is 7.42. The van der Waals surface area contributed by atoms with Crippen LogP contribution in [0, 0.1) is 0 Å². The first-order chi connectivity index (χ1) is 14.1. The van der Waals surface area contributed by atoms with E-state index in [0.29, 0.717) is 23.0 Å². The molecule has 2 rings (SSSR count). The molecular weight excluding hydrogens is 391 g/mol. The number of ether oxygens (including phenoxy) is 3. The zero-order valence-corrected chi connectivity index (χ0v) is 17.8. The topological polar surface area (TPSA) is 55.4 Å². The lowest BCUT2D eigenvalue weighted by Crippen LogP contribution is -1.99. The number of allylic oxidation sites excluding steroid dienone is 4. The number of rotatable bonds is 11. The number of benzene rings is 2. The van der Waals surface area contributed by atoms with Gasteiger partial charge in [0.2, 0.25) is 0 Å². The van der Waals surface area contributed by atoms with Crippen LogP contribution in [0.4, 0.5) is 0 Å². The first kappa shape index (κ1) is 22.2. The molecule has 0 radical (unpaired) electrons. The van der Waals surface area contributed by atoms with Gasteiger partial charge in [-0.15, -0.1) is 0 Å². The van der Waals surface area contributed by atoms with Gasteiger partial charge in [-0.3, -0.25) is 0 Å². The average Bonchev–Trinajstić information content (AvgIpc) is 2.75. The molecular formula is C22H25O6P. The van der Waals surface area contributed by atoms with Crippen molar-refractivity contribution in [3.8, 4) is 23.0 Å². The summed E-state index contributed by atoms with van der Waals surface area (Å²) in [5, 5.41) is 0. The molecule has 2 aromatic carbocycles. The van der Waals surface area contributed by atoms with Crippen molar-refractivity contribution < 1.29 is 27.8 Å². The van der Waals surface area contributed by atoms with E-state index in [2.05, 4.69) is 6.58 Å². The molecule has 154 valence electrons. The summed E-state index contributed by atoms with van der Waals surface area (Å²) in [5.74, 6) is 3.86. The second kappa shape index (κ2) is 11.7. The van der Waals surface area contributed by atoms with Gasteiger partial charge in [0.05, 0.1) is 21.3 Å². The molecule has 0 heterocycles. The maximum atomic E-state index is 5.93. The molecule has 0 fully saturated rings. The second-order valence-corrected chi connectivity index (χ2v) is 6.60. The summed E-state index contributed by atoms with van der Waals surface area (Å²) >= 11 is 0. The van der Waals surface area contributed by atoms with Crippen molar-refractivity contribution in [3.63, 3.8) is 0 Å². The van der Waals surface area contributed by atoms with E-state index in [4.69, 9.17) is 27.8 Å². The lowest BCUT2D eigenvalue weighted by atomic mass is 10.3. The number of hydrogen-bond acceptors (Lipinski definition) is 6. The van der Waals surface area contributed by atoms with Gasteiger partial charge in [0.1, 0.15) is 34.5 Å². The van der Waals surface area contributed by atoms with Crippen LogP contribution in [0.15, 0.2) is 84.9 Å². The Morgan fingerprint density at radius 3 is 1.59 bits per heavy atom. The fourth-order valence-electron chi connectivity index (χ4n) is 2.07. The van der Waals surface area contributed by atoms with E-state index < -0.39 is 8.60 Å². The Morgan fingerprint density at radius 1 is 0.759 bits per heavy atom. The molecule has 0 unspecified atom stereocenters. The first-order valence-corrected chi connectivity index (χ1v) is 9.84. The first-order valence-electron chi connectivity index (χ1n) is 8.75. The van der Waals surface area contributed by atoms with Gasteiger partial charge in [0.25, 0.3) is 0 Å². The van der Waals surface area contributed by atoms with E-state index in [0.717, 1.165) is 11.5 Å². The van der Waals surface area contributed by atoms with Gasteiger partial charge in [0, 0.05) is 0 Å². The third-order valence-corrected chi connectivity index (χ3v) is 4.77. The summed E-state index contributed by atoms with van der Waals surface area (Å²) in [6, 6.07) is 14.4. The van der Waals surface area contributed by atoms with Crippen molar-refractivity contribution in [1.82, 2.24) is 0 Å². The smallest absolute Gasteiger partial charge is 0.497 e. The van der Waals surface area contributed by atoms with E-state index in [1.54, 1.807) is 95.0 Å². The molecule has 6 nitrogen and oxygen atoms in total. The van der Waals surface area contributed by atoms with E-state index in [1.807, 2.05) is 0 Å². The molecule has 29 heavy (non-hydrogen) atoms. The zero-order valence-electron chi connectivity index (χ0n) is 17.0. The van der Waals surface area contributed by atoms with Crippen molar-refractivity contribution >= 4 is 8.60 Å². The molecule has 2 aromatic rings. The molecule has 0 atom stereocenters. The Labute approximate surface area is 173 Å². The Hall–Kier alpha value is -3.11. The van der Waals surface area contributed by atoms with Gasteiger partial charge in [-0.2, -0.15) is 0 Å². The van der Waals surface area contributed by atoms with Gasteiger partial charge < -0.3 is 27.8 Å². The van der Waals surface area contributed by atoms with Gasteiger partial charge in [-0.25, -0.2) is 0 Å². The summed E-state index contributed by atoms with van der Waals surface area (Å²) in [4.78, 5) is 0. The van der Waals surface area contributed by atoms with Gasteiger partial charge in [-0.05, 0) is 73.7 Å². The molecule has 0 spiro atoms. The van der Waals surface area contributed by atoms with Gasteiger partial charge in [-0.1, -0.05) is 6.58 Å². The SMILES string of the molecule is C=C/C(=C\C=C(/C)OP(Oc1ccc(OC)cc1)Oc1ccc(OC)cc1)OC. The minimum Gasteiger partial charge on any atom is -0.497 e. The monoisotopic (exact) mass is 416 g/mol. The number of methoxy groups -OCH3 is 3. The van der Waals surface area contributed by atoms with Crippen molar-refractivity contribution in [2.45, 2.75) is 6.92 Å². The standard InChI is InChI=1S/C22H25O6P/c1-6-18(23-3)8-7-17(2)26-29(27-21-13-9-19(24-4)10-14-21)28-22-15-11-20(25-5)12-16-22/h6-16H,1H2,2-5H3/b17-7+,18-8+. The van der Waals surface area contributed by atoms with Crippen LogP contribution >= 0.6 is 8.60 Å². The third kappa shape index (κ3) is 7.43. The van der Waals surface area contributed by atoms with Crippen LogP contribution in [0.5, 0.6) is 23.0 Å². The minimum absolute atomic E-state index is 0.592. The summed E-state index contributed by atoms with van der Waals surface area (Å²) < 4.78 is 33.2. The lowest BCUT2D eigenvalue weighted by Gasteiger charge is -2.18. The maximum absolute atomic E-state index is 5.93. The van der Waals surface area contributed by atoms with Gasteiger partial charge in [0.15, 0.2) is 0 Å². The number of hydrogen-bond donors (Lipinski definition) is 0. The van der Waals surface area contributed by atoms with Crippen LogP contribution in [0.3, 0.4) is 0 Å². The van der Waals surface area contributed by atoms with Crippen LogP contribution in [0.1, 0.15) is 6.92 Å². The Bertz CT molecular complexity index is 778. The predicted molar refractivity (Wildman–Crippen MR) is 114 cm³/mol. The highest BCUT2D eigenvalue weighted by Gasteiger charge is 2.19. The summed E-state index contributed by atoms with van der Waals surface area (Å²) in [6.07, 6.45) is 5.11. The van der Waals surface area contributed by atoms with E-state index in [1.165, 1.54) is 0 Å². The lowest BCUT2D eigenvalue weighted by molar-refractivity contribution is 0.306. The molecule has 0 amide bonds. The molecule has 0 aliphatic heterocycles. The van der Waals surface area contributed by atoms with Crippen LogP contribution in [0.25, 0.3) is 0 Å². The molecule has 0 bridgehead atoms. The van der Waals surface area contributed by atoms with Crippen LogP contribution < -0.4 is 18.5 Å². The molecule has 0 aromatic heterocycles. The Kier molecular flexibility index (Phi) is 8.93. The van der Waals surface area contributed by atoms with E-state index in [9.17, 15) is 0 Å². The summed E-state index contributed by atoms with van der Waals surface area (Å²) in [6.45, 7) is 5.48. The molecule has 0 saturated heterocycles. The Balaban J connectivity index is 2.17. The molecule has 7 heteroatoms. The van der Waals surface area contributed by atoms with Crippen LogP contribution in [-0.4, -0.2) is 21.3 Å². The molecule has 0 aliphatic carbocycles. The van der Waals surface area contributed by atoms with Crippen LogP contribution in [-0.2, 0) is 9.26 Å². The van der Waals surface area contributed by atoms with Gasteiger partial charge >= 0.3 is 8.60 Å². The fraction of sp³-hybridized carbons (Fsp3) is 0.182. The van der Waals surface area contributed by atoms with Crippen LogP contribution in [0.2, 0.25) is 0 Å². The molecule has 0 N–H and O–H groups in total. The molecule has 0 aliphatic rings. The zero-order chi connectivity index (χ0) is 21.1. The average molecular weight is 416 g/mol. The quantitative estimate of drug-likeness (QED) is 0.253. The summed E-state index contributed by atoms with van der Waals surface area (Å²) in [7, 11) is 3.03. The predicted octanol–water partition coefficient (Wildman–Crippen LogP) is 6.03. The minimum atomic E-state index is -1.77. The maximum Gasteiger partial charge on any atom is 0.529 e.